The van der Waals surface area contributed by atoms with Crippen LogP contribution in [0.5, 0.6) is 0 Å². The third-order valence-corrected chi connectivity index (χ3v) is 9.32. The van der Waals surface area contributed by atoms with Gasteiger partial charge in [0.15, 0.2) is 11.6 Å². The second kappa shape index (κ2) is 12.8. The van der Waals surface area contributed by atoms with Gasteiger partial charge in [-0.15, -0.1) is 13.2 Å². The lowest BCUT2D eigenvalue weighted by Gasteiger charge is -2.42. The summed E-state index contributed by atoms with van der Waals surface area (Å²) in [6.45, 7) is 19.5. The van der Waals surface area contributed by atoms with Crippen molar-refractivity contribution in [2.45, 2.75) is 153 Å². The van der Waals surface area contributed by atoms with Crippen LogP contribution >= 0.6 is 0 Å². The van der Waals surface area contributed by atoms with Crippen LogP contribution in [0.25, 0.3) is 0 Å². The summed E-state index contributed by atoms with van der Waals surface area (Å²) in [5, 5.41) is 0. The molecule has 0 aromatic heterocycles. The number of hydrogen-bond acceptors (Lipinski definition) is 10. The van der Waals surface area contributed by atoms with E-state index < -0.39 is 59.0 Å². The summed E-state index contributed by atoms with van der Waals surface area (Å²) in [5.74, 6) is -2.07. The Bertz CT molecular complexity index is 945. The molecular formula is C34H52O10. The van der Waals surface area contributed by atoms with E-state index in [0.717, 1.165) is 0 Å². The molecule has 2 spiro atoms. The second-order valence-corrected chi connectivity index (χ2v) is 15.0. The minimum atomic E-state index is -0.836. The molecule has 2 saturated heterocycles. The van der Waals surface area contributed by atoms with Crippen LogP contribution in [0.2, 0.25) is 0 Å². The summed E-state index contributed by atoms with van der Waals surface area (Å²) in [6.07, 6.45) is 5.20. The van der Waals surface area contributed by atoms with Gasteiger partial charge in [0.2, 0.25) is 0 Å². The van der Waals surface area contributed by atoms with E-state index in [2.05, 4.69) is 13.2 Å². The monoisotopic (exact) mass is 620 g/mol. The van der Waals surface area contributed by atoms with E-state index in [1.165, 1.54) is 0 Å². The molecule has 0 N–H and O–H groups in total. The summed E-state index contributed by atoms with van der Waals surface area (Å²) in [5.41, 5.74) is -1.11. The third-order valence-electron chi connectivity index (χ3n) is 9.32. The number of fused-ring (bicyclic) bond motifs is 2. The number of carbonyl (C=O) groups excluding carboxylic acids is 2. The molecule has 2 heterocycles. The van der Waals surface area contributed by atoms with Crippen LogP contribution in [0.4, 0.5) is 0 Å². The third kappa shape index (κ3) is 6.95. The molecule has 3 aliphatic carbocycles. The van der Waals surface area contributed by atoms with E-state index in [1.807, 2.05) is 41.5 Å². The highest BCUT2D eigenvalue weighted by molar-refractivity contribution is 5.76. The van der Waals surface area contributed by atoms with E-state index >= 15 is 0 Å². The highest BCUT2D eigenvalue weighted by Gasteiger charge is 2.67. The summed E-state index contributed by atoms with van der Waals surface area (Å²) in [7, 11) is 0. The SMILES string of the molecule is C=CCOC1[C@H]2OC3(CCC(OC(=O)C(C)(C)C)CC3)O[C@H]2C(OCC=C)[C@@H]2OC3(CCC(OC(=O)C(C)(C)C)CC3)O[C@H]12. The van der Waals surface area contributed by atoms with Crippen LogP contribution in [-0.2, 0) is 47.5 Å². The maximum atomic E-state index is 12.5. The lowest BCUT2D eigenvalue weighted by Crippen LogP contribution is -2.63. The van der Waals surface area contributed by atoms with Crippen molar-refractivity contribution >= 4 is 11.9 Å². The molecule has 0 unspecified atom stereocenters. The fourth-order valence-corrected chi connectivity index (χ4v) is 6.87. The smallest absolute Gasteiger partial charge is 0.311 e. The molecular weight excluding hydrogens is 568 g/mol. The van der Waals surface area contributed by atoms with Crippen molar-refractivity contribution in [1.82, 2.24) is 0 Å². The van der Waals surface area contributed by atoms with Crippen molar-refractivity contribution in [2.24, 2.45) is 10.8 Å². The molecule has 5 rings (SSSR count). The lowest BCUT2D eigenvalue weighted by atomic mass is 9.84. The van der Waals surface area contributed by atoms with Gasteiger partial charge in [0.25, 0.3) is 0 Å². The number of carbonyl (C=O) groups is 2. The molecule has 10 nitrogen and oxygen atoms in total. The molecule has 0 bridgehead atoms. The van der Waals surface area contributed by atoms with E-state index in [4.69, 9.17) is 37.9 Å². The molecule has 4 atom stereocenters. The van der Waals surface area contributed by atoms with Crippen LogP contribution < -0.4 is 0 Å². The fourth-order valence-electron chi connectivity index (χ4n) is 6.87. The Morgan fingerprint density at radius 1 is 0.636 bits per heavy atom. The van der Waals surface area contributed by atoms with Crippen molar-refractivity contribution in [3.8, 4) is 0 Å². The molecule has 248 valence electrons. The Hall–Kier alpha value is -1.82. The summed E-state index contributed by atoms with van der Waals surface area (Å²) in [4.78, 5) is 25.0. The first kappa shape index (κ1) is 33.5. The lowest BCUT2D eigenvalue weighted by molar-refractivity contribution is -0.237. The largest absolute Gasteiger partial charge is 0.462 e. The topological polar surface area (TPSA) is 108 Å². The van der Waals surface area contributed by atoms with E-state index in [9.17, 15) is 9.59 Å². The molecule has 2 aliphatic heterocycles. The second-order valence-electron chi connectivity index (χ2n) is 15.0. The van der Waals surface area contributed by atoms with Crippen molar-refractivity contribution in [3.05, 3.63) is 25.3 Å². The van der Waals surface area contributed by atoms with Gasteiger partial charge in [0.05, 0.1) is 24.0 Å². The summed E-state index contributed by atoms with van der Waals surface area (Å²) < 4.78 is 51.5. The average molecular weight is 621 g/mol. The van der Waals surface area contributed by atoms with Gasteiger partial charge in [-0.25, -0.2) is 0 Å². The van der Waals surface area contributed by atoms with Crippen LogP contribution in [0.15, 0.2) is 25.3 Å². The molecule has 3 saturated carbocycles. The number of ether oxygens (including phenoxy) is 8. The molecule has 5 aliphatic rings. The zero-order valence-corrected chi connectivity index (χ0v) is 27.3. The highest BCUT2D eigenvalue weighted by Crippen LogP contribution is 2.52. The zero-order chi connectivity index (χ0) is 31.9. The van der Waals surface area contributed by atoms with Crippen LogP contribution in [-0.4, -0.2) is 85.6 Å². The first-order valence-corrected chi connectivity index (χ1v) is 16.3. The molecule has 5 fully saturated rings. The predicted molar refractivity (Wildman–Crippen MR) is 160 cm³/mol. The van der Waals surface area contributed by atoms with Gasteiger partial charge < -0.3 is 37.9 Å². The van der Waals surface area contributed by atoms with Gasteiger partial charge >= 0.3 is 11.9 Å². The van der Waals surface area contributed by atoms with Gasteiger partial charge in [-0.2, -0.15) is 0 Å². The molecule has 0 amide bonds. The molecule has 0 radical (unpaired) electrons. The van der Waals surface area contributed by atoms with Gasteiger partial charge in [0, 0.05) is 25.7 Å². The summed E-state index contributed by atoms with van der Waals surface area (Å²) in [6, 6.07) is 0. The van der Waals surface area contributed by atoms with Crippen molar-refractivity contribution in [1.29, 1.82) is 0 Å². The zero-order valence-electron chi connectivity index (χ0n) is 27.3. The highest BCUT2D eigenvalue weighted by atomic mass is 16.8. The van der Waals surface area contributed by atoms with E-state index in [1.54, 1.807) is 12.2 Å². The maximum absolute atomic E-state index is 12.5. The van der Waals surface area contributed by atoms with Crippen molar-refractivity contribution < 1.29 is 47.5 Å². The Morgan fingerprint density at radius 3 is 1.18 bits per heavy atom. The van der Waals surface area contributed by atoms with Crippen LogP contribution in [0, 0.1) is 10.8 Å². The maximum Gasteiger partial charge on any atom is 0.311 e. The van der Waals surface area contributed by atoms with E-state index in [-0.39, 0.29) is 24.1 Å². The quantitative estimate of drug-likeness (QED) is 0.267. The molecule has 10 heteroatoms. The van der Waals surface area contributed by atoms with Gasteiger partial charge in [-0.1, -0.05) is 12.2 Å². The van der Waals surface area contributed by atoms with Gasteiger partial charge in [-0.3, -0.25) is 9.59 Å². The Labute approximate surface area is 262 Å². The number of rotatable bonds is 8. The van der Waals surface area contributed by atoms with Crippen molar-refractivity contribution in [2.75, 3.05) is 13.2 Å². The first-order valence-electron chi connectivity index (χ1n) is 16.3. The minimum Gasteiger partial charge on any atom is -0.462 e. The number of esters is 2. The van der Waals surface area contributed by atoms with E-state index in [0.29, 0.717) is 64.6 Å². The summed E-state index contributed by atoms with van der Waals surface area (Å²) >= 11 is 0. The normalized spacial score (nSPS) is 40.3. The van der Waals surface area contributed by atoms with Crippen LogP contribution in [0.1, 0.15) is 92.9 Å². The molecule has 0 aromatic rings. The standard InChI is InChI=1S/C34H52O10/c1-9-19-37-23-25-27(43-33(41-25)15-11-21(12-16-33)39-29(35)31(3,4)5)24(38-20-10-2)28-26(23)42-34(44-28)17-13-22(14-18-34)40-30(36)32(6,7)8/h9-10,21-28H,1-2,11-20H2,3-8H3/t21?,22?,23?,24?,25-,26-,27+,28+,33?,34?. The van der Waals surface area contributed by atoms with Gasteiger partial charge in [0.1, 0.15) is 48.8 Å². The number of hydrogen-bond donors (Lipinski definition) is 0. The Kier molecular flexibility index (Phi) is 9.73. The average Bonchev–Trinajstić information content (AvgIpc) is 3.51. The first-order chi connectivity index (χ1) is 20.7. The fraction of sp³-hybridized carbons (Fsp3) is 0.824. The van der Waals surface area contributed by atoms with Gasteiger partial charge in [-0.05, 0) is 67.2 Å². The van der Waals surface area contributed by atoms with Crippen LogP contribution in [0.3, 0.4) is 0 Å². The Morgan fingerprint density at radius 2 is 0.932 bits per heavy atom. The van der Waals surface area contributed by atoms with Crippen molar-refractivity contribution in [3.63, 3.8) is 0 Å². The Balaban J connectivity index is 1.30. The molecule has 44 heavy (non-hydrogen) atoms. The molecule has 0 aromatic carbocycles. The predicted octanol–water partition coefficient (Wildman–Crippen LogP) is 5.17. The minimum absolute atomic E-state index is 0.175.